The molecule has 0 rings (SSSR count). The summed E-state index contributed by atoms with van der Waals surface area (Å²) >= 11 is 0. The van der Waals surface area contributed by atoms with Crippen molar-refractivity contribution >= 4 is 19.5 Å². The van der Waals surface area contributed by atoms with Crippen molar-refractivity contribution < 1.29 is 13.1 Å². The number of hydrogen-bond acceptors (Lipinski definition) is 1. The molecule has 17 heavy (non-hydrogen) atoms. The Hall–Kier alpha value is 0.314. The van der Waals surface area contributed by atoms with E-state index in [9.17, 15) is 0 Å². The molecule has 0 aromatic carbocycles. The monoisotopic (exact) mass is 274 g/mol. The Kier molecular flexibility index (Phi) is 8.58. The van der Waals surface area contributed by atoms with Gasteiger partial charge in [-0.2, -0.15) is 0 Å². The summed E-state index contributed by atoms with van der Waals surface area (Å²) in [6.45, 7) is 2.50. The number of rotatable bonds is 10. The van der Waals surface area contributed by atoms with Crippen molar-refractivity contribution in [3.8, 4) is 0 Å². The van der Waals surface area contributed by atoms with E-state index in [1.807, 2.05) is 0 Å². The predicted molar refractivity (Wildman–Crippen MR) is 77.2 cm³/mol. The lowest BCUT2D eigenvalue weighted by molar-refractivity contribution is -0.870. The molecule has 100 valence electrons. The van der Waals surface area contributed by atoms with Crippen LogP contribution < -0.4 is 0 Å². The van der Waals surface area contributed by atoms with Crippen molar-refractivity contribution in [1.29, 1.82) is 0 Å². The fourth-order valence-electron chi connectivity index (χ4n) is 1.40. The van der Waals surface area contributed by atoms with Crippen molar-refractivity contribution in [3.05, 3.63) is 0 Å². The zero-order chi connectivity index (χ0) is 13.4. The number of quaternary nitrogens is 2. The number of hydrogen-bond donors (Lipinski definition) is 0. The largest absolute Gasteiger partial charge is 0.457 e. The van der Waals surface area contributed by atoms with Crippen LogP contribution in [0.25, 0.3) is 0 Å². The maximum atomic E-state index is 5.70. The maximum Gasteiger partial charge on any atom is 0.215 e. The van der Waals surface area contributed by atoms with Crippen LogP contribution in [0.4, 0.5) is 0 Å². The summed E-state index contributed by atoms with van der Waals surface area (Å²) in [5, 5.41) is 0. The Morgan fingerprint density at radius 1 is 0.706 bits per heavy atom. The molecule has 0 amide bonds. The lowest BCUT2D eigenvalue weighted by Gasteiger charge is -2.23. The minimum absolute atomic E-state index is 0.713. The van der Waals surface area contributed by atoms with Crippen molar-refractivity contribution in [1.82, 2.24) is 0 Å². The molecule has 0 aromatic heterocycles. The fraction of sp³-hybridized carbons (Fsp3) is 1.00. The molecule has 0 heterocycles. The summed E-state index contributed by atoms with van der Waals surface area (Å²) in [7, 11) is 14.9. The van der Waals surface area contributed by atoms with Gasteiger partial charge in [0.05, 0.1) is 55.4 Å². The van der Waals surface area contributed by atoms with Gasteiger partial charge in [0.2, 0.25) is 19.5 Å². The fourth-order valence-corrected chi connectivity index (χ4v) is 3.23. The van der Waals surface area contributed by atoms with E-state index >= 15 is 0 Å². The summed E-state index contributed by atoms with van der Waals surface area (Å²) in [5.74, 6) is 0. The molecule has 0 unspecified atom stereocenters. The van der Waals surface area contributed by atoms with Crippen LogP contribution in [-0.2, 0) is 4.12 Å². The van der Waals surface area contributed by atoms with Gasteiger partial charge in [-0.1, -0.05) is 0 Å². The first-order valence-corrected chi connectivity index (χ1v) is 8.66. The van der Waals surface area contributed by atoms with E-state index in [4.69, 9.17) is 4.12 Å². The molecule has 0 N–H and O–H groups in total. The maximum absolute atomic E-state index is 5.70. The van der Waals surface area contributed by atoms with Crippen molar-refractivity contribution in [3.63, 3.8) is 0 Å². The molecule has 5 heteroatoms. The quantitative estimate of drug-likeness (QED) is 0.331. The van der Waals surface area contributed by atoms with Gasteiger partial charge < -0.3 is 13.1 Å². The third-order valence-electron chi connectivity index (χ3n) is 2.36. The molecule has 3 nitrogen and oxygen atoms in total. The second-order valence-corrected chi connectivity index (χ2v) is 9.02. The summed E-state index contributed by atoms with van der Waals surface area (Å²) in [4.78, 5) is 0. The van der Waals surface area contributed by atoms with Crippen LogP contribution in [0.1, 0.15) is 12.8 Å². The molecule has 4 radical (unpaired) electrons. The van der Waals surface area contributed by atoms with Crippen LogP contribution in [-0.4, -0.2) is 83.9 Å². The van der Waals surface area contributed by atoms with Gasteiger partial charge >= 0.3 is 0 Å². The highest BCUT2D eigenvalue weighted by molar-refractivity contribution is 6.42. The van der Waals surface area contributed by atoms with Crippen LogP contribution in [0.2, 0.25) is 12.1 Å². The summed E-state index contributed by atoms with van der Waals surface area (Å²) < 4.78 is 7.84. The van der Waals surface area contributed by atoms with Crippen LogP contribution in [0.5, 0.6) is 0 Å². The highest BCUT2D eigenvalue weighted by Gasteiger charge is 2.07. The van der Waals surface area contributed by atoms with Gasteiger partial charge in [-0.05, 0) is 24.9 Å². The molecule has 0 spiro atoms. The second kappa shape index (κ2) is 8.42. The van der Waals surface area contributed by atoms with Gasteiger partial charge in [0.15, 0.2) is 0 Å². The molecule has 0 aliphatic rings. The Morgan fingerprint density at radius 2 is 1.06 bits per heavy atom. The third kappa shape index (κ3) is 16.3. The minimum Gasteiger partial charge on any atom is -0.457 e. The molecule has 0 saturated carbocycles. The first-order valence-electron chi connectivity index (χ1n) is 6.43. The zero-order valence-corrected chi connectivity index (χ0v) is 14.5. The average molecular weight is 275 g/mol. The van der Waals surface area contributed by atoms with Crippen molar-refractivity contribution in [2.75, 3.05) is 55.4 Å². The summed E-state index contributed by atoms with van der Waals surface area (Å²) in [6.07, 6.45) is 2.57. The first-order chi connectivity index (χ1) is 7.71. The van der Waals surface area contributed by atoms with Crippen molar-refractivity contribution in [2.45, 2.75) is 24.9 Å². The van der Waals surface area contributed by atoms with E-state index in [2.05, 4.69) is 42.3 Å². The van der Waals surface area contributed by atoms with Gasteiger partial charge in [0, 0.05) is 0 Å². The lowest BCUT2D eigenvalue weighted by Crippen LogP contribution is -2.35. The van der Waals surface area contributed by atoms with E-state index in [-0.39, 0.29) is 0 Å². The molecule has 0 saturated heterocycles. The zero-order valence-electron chi connectivity index (χ0n) is 12.5. The van der Waals surface area contributed by atoms with E-state index in [1.165, 1.54) is 38.0 Å². The van der Waals surface area contributed by atoms with Gasteiger partial charge in [-0.15, -0.1) is 0 Å². The van der Waals surface area contributed by atoms with Crippen LogP contribution in [0.15, 0.2) is 0 Å². The van der Waals surface area contributed by atoms with Gasteiger partial charge in [0.1, 0.15) is 0 Å². The highest BCUT2D eigenvalue weighted by Crippen LogP contribution is 1.99. The van der Waals surface area contributed by atoms with Crippen LogP contribution in [0, 0.1) is 0 Å². The van der Waals surface area contributed by atoms with Gasteiger partial charge in [-0.25, -0.2) is 0 Å². The summed E-state index contributed by atoms with van der Waals surface area (Å²) in [6, 6.07) is 2.47. The molecule has 0 fully saturated rings. The minimum atomic E-state index is 0.713. The Morgan fingerprint density at radius 3 is 1.35 bits per heavy atom. The van der Waals surface area contributed by atoms with E-state index in [0.717, 1.165) is 8.97 Å². The highest BCUT2D eigenvalue weighted by atomic mass is 28.3. The topological polar surface area (TPSA) is 9.23 Å². The lowest BCUT2D eigenvalue weighted by atomic mass is 10.4. The first kappa shape index (κ1) is 17.3. The summed E-state index contributed by atoms with van der Waals surface area (Å²) in [5.41, 5.74) is 0. The normalized spacial score (nSPS) is 13.1. The van der Waals surface area contributed by atoms with Crippen LogP contribution >= 0.6 is 0 Å². The standard InChI is InChI=1S/C12H30N2OSi2/c1-13(2,3)9-7-11-16-15-17-12-8-10-14(4,5)6/h7-12H2,1-6H3/q+2. The Balaban J connectivity index is 3.15. The van der Waals surface area contributed by atoms with E-state index in [0.29, 0.717) is 19.5 Å². The SMILES string of the molecule is C[N+](C)(C)CCC[Si]O[Si]CCC[N+](C)(C)C. The van der Waals surface area contributed by atoms with Crippen LogP contribution in [0.3, 0.4) is 0 Å². The molecular weight excluding hydrogens is 244 g/mol. The predicted octanol–water partition coefficient (Wildman–Crippen LogP) is 1.27. The van der Waals surface area contributed by atoms with E-state index < -0.39 is 0 Å². The number of nitrogens with zero attached hydrogens (tertiary/aromatic N) is 2. The molecule has 0 aromatic rings. The molecule has 0 bridgehead atoms. The third-order valence-corrected chi connectivity index (χ3v) is 4.63. The smallest absolute Gasteiger partial charge is 0.215 e. The molecule has 0 atom stereocenters. The Bertz CT molecular complexity index is 168. The molecular formula is C12H30N2OSi2+2. The average Bonchev–Trinajstić information content (AvgIpc) is 2.11. The Labute approximate surface area is 113 Å². The molecule has 0 aliphatic carbocycles. The van der Waals surface area contributed by atoms with Crippen molar-refractivity contribution in [2.24, 2.45) is 0 Å². The van der Waals surface area contributed by atoms with Gasteiger partial charge in [0.25, 0.3) is 0 Å². The molecule has 0 aliphatic heterocycles. The second-order valence-electron chi connectivity index (χ2n) is 6.63. The van der Waals surface area contributed by atoms with Gasteiger partial charge in [-0.3, -0.25) is 0 Å². The van der Waals surface area contributed by atoms with E-state index in [1.54, 1.807) is 0 Å².